The van der Waals surface area contributed by atoms with Crippen LogP contribution in [0, 0.1) is 0 Å². The van der Waals surface area contributed by atoms with Crippen LogP contribution < -0.4 is 5.32 Å². The molecule has 0 aliphatic carbocycles. The molecule has 4 rings (SSSR count). The normalized spacial score (nSPS) is 17.7. The van der Waals surface area contributed by atoms with E-state index in [0.717, 1.165) is 30.3 Å². The number of nitrogens with one attached hydrogen (secondary N) is 1. The van der Waals surface area contributed by atoms with Crippen LogP contribution in [-0.2, 0) is 4.74 Å². The number of aromatic nitrogens is 1. The van der Waals surface area contributed by atoms with E-state index in [1.807, 2.05) is 19.2 Å². The molecule has 2 heterocycles. The molecule has 0 saturated carbocycles. The molecule has 0 radical (unpaired) electrons. The van der Waals surface area contributed by atoms with Crippen molar-refractivity contribution in [3.8, 4) is 11.3 Å². The summed E-state index contributed by atoms with van der Waals surface area (Å²) in [7, 11) is 1.95. The Labute approximate surface area is 140 Å². The van der Waals surface area contributed by atoms with E-state index in [0.29, 0.717) is 6.04 Å². The average Bonchev–Trinajstić information content (AvgIpc) is 3.21. The molecule has 1 fully saturated rings. The molecule has 1 atom stereocenters. The number of nitrogens with zero attached hydrogens (tertiary/aromatic N) is 1. The van der Waals surface area contributed by atoms with Crippen molar-refractivity contribution >= 4 is 28.2 Å². The molecular weight excluding hydrogens is 308 g/mol. The topological polar surface area (TPSA) is 26.2 Å². The predicted molar refractivity (Wildman–Crippen MR) is 96.4 cm³/mol. The van der Waals surface area contributed by atoms with Gasteiger partial charge >= 0.3 is 0 Å². The van der Waals surface area contributed by atoms with E-state index in [4.69, 9.17) is 16.3 Å². The zero-order valence-electron chi connectivity index (χ0n) is 13.1. The minimum atomic E-state index is 0.388. The second kappa shape index (κ2) is 5.91. The maximum atomic E-state index is 6.05. The van der Waals surface area contributed by atoms with Gasteiger partial charge in [-0.3, -0.25) is 0 Å². The van der Waals surface area contributed by atoms with Gasteiger partial charge in [0.05, 0.1) is 12.6 Å². The smallest absolute Gasteiger partial charge is 0.0675 e. The summed E-state index contributed by atoms with van der Waals surface area (Å²) < 4.78 is 8.05. The first-order chi connectivity index (χ1) is 11.3. The Morgan fingerprint density at radius 1 is 1.13 bits per heavy atom. The third-order valence-electron chi connectivity index (χ3n) is 4.54. The summed E-state index contributed by atoms with van der Waals surface area (Å²) in [6, 6.07) is 17.2. The number of hydrogen-bond donors (Lipinski definition) is 1. The van der Waals surface area contributed by atoms with Crippen molar-refractivity contribution in [1.82, 2.24) is 4.57 Å². The Morgan fingerprint density at radius 2 is 1.96 bits per heavy atom. The average molecular weight is 327 g/mol. The monoisotopic (exact) mass is 326 g/mol. The van der Waals surface area contributed by atoms with Crippen molar-refractivity contribution in [2.75, 3.05) is 25.6 Å². The van der Waals surface area contributed by atoms with Gasteiger partial charge in [0.25, 0.3) is 0 Å². The third-order valence-corrected chi connectivity index (χ3v) is 4.79. The second-order valence-electron chi connectivity index (χ2n) is 5.95. The lowest BCUT2D eigenvalue weighted by Gasteiger charge is -2.17. The van der Waals surface area contributed by atoms with Crippen LogP contribution in [0.3, 0.4) is 0 Å². The number of halogens is 1. The number of benzene rings is 2. The molecule has 1 saturated heterocycles. The summed E-state index contributed by atoms with van der Waals surface area (Å²) >= 11 is 6.05. The molecule has 1 N–H and O–H groups in total. The molecule has 1 aromatic heterocycles. The van der Waals surface area contributed by atoms with E-state index in [9.17, 15) is 0 Å². The highest BCUT2D eigenvalue weighted by Gasteiger charge is 2.22. The Balaban J connectivity index is 1.93. The van der Waals surface area contributed by atoms with Gasteiger partial charge in [0.2, 0.25) is 0 Å². The highest BCUT2D eigenvalue weighted by molar-refractivity contribution is 6.30. The minimum absolute atomic E-state index is 0.388. The van der Waals surface area contributed by atoms with Crippen LogP contribution in [0.2, 0.25) is 5.02 Å². The quantitative estimate of drug-likeness (QED) is 0.735. The van der Waals surface area contributed by atoms with Crippen LogP contribution in [0.1, 0.15) is 12.5 Å². The number of hydrogen-bond acceptors (Lipinski definition) is 2. The summed E-state index contributed by atoms with van der Waals surface area (Å²) in [6.45, 7) is 1.61. The van der Waals surface area contributed by atoms with Crippen molar-refractivity contribution in [2.24, 2.45) is 0 Å². The van der Waals surface area contributed by atoms with E-state index in [1.54, 1.807) is 0 Å². The highest BCUT2D eigenvalue weighted by atomic mass is 35.5. The summed E-state index contributed by atoms with van der Waals surface area (Å²) in [5.74, 6) is 0. The lowest BCUT2D eigenvalue weighted by molar-refractivity contribution is 0.187. The number of anilines is 1. The zero-order valence-corrected chi connectivity index (χ0v) is 13.8. The maximum Gasteiger partial charge on any atom is 0.0675 e. The van der Waals surface area contributed by atoms with E-state index in [1.165, 1.54) is 22.2 Å². The Hall–Kier alpha value is -1.97. The van der Waals surface area contributed by atoms with Crippen molar-refractivity contribution in [3.63, 3.8) is 0 Å². The number of ether oxygens (including phenoxy) is 1. The van der Waals surface area contributed by atoms with Crippen LogP contribution in [0.5, 0.6) is 0 Å². The van der Waals surface area contributed by atoms with Crippen molar-refractivity contribution < 1.29 is 4.74 Å². The SMILES string of the molecule is CNc1ccc2c(c1)cc(-c1ccc(Cl)cc1)n2[C@@H]1CCOC1. The van der Waals surface area contributed by atoms with Crippen LogP contribution in [0.25, 0.3) is 22.2 Å². The molecule has 3 nitrogen and oxygen atoms in total. The maximum absolute atomic E-state index is 6.05. The van der Waals surface area contributed by atoms with E-state index >= 15 is 0 Å². The lowest BCUT2D eigenvalue weighted by atomic mass is 10.1. The highest BCUT2D eigenvalue weighted by Crippen LogP contribution is 2.35. The largest absolute Gasteiger partial charge is 0.388 e. The van der Waals surface area contributed by atoms with Crippen LogP contribution in [0.15, 0.2) is 48.5 Å². The van der Waals surface area contributed by atoms with Gasteiger partial charge in [-0.1, -0.05) is 23.7 Å². The van der Waals surface area contributed by atoms with Crippen LogP contribution in [0.4, 0.5) is 5.69 Å². The van der Waals surface area contributed by atoms with Crippen molar-refractivity contribution in [2.45, 2.75) is 12.5 Å². The zero-order chi connectivity index (χ0) is 15.8. The molecule has 1 aliphatic heterocycles. The first kappa shape index (κ1) is 14.6. The molecule has 0 spiro atoms. The van der Waals surface area contributed by atoms with Crippen molar-refractivity contribution in [3.05, 3.63) is 53.6 Å². The fourth-order valence-electron chi connectivity index (χ4n) is 3.35. The second-order valence-corrected chi connectivity index (χ2v) is 6.38. The van der Waals surface area contributed by atoms with E-state index < -0.39 is 0 Å². The first-order valence-electron chi connectivity index (χ1n) is 7.92. The summed E-state index contributed by atoms with van der Waals surface area (Å²) in [5.41, 5.74) is 4.79. The molecule has 23 heavy (non-hydrogen) atoms. The van der Waals surface area contributed by atoms with Gasteiger partial charge in [-0.05, 0) is 48.4 Å². The van der Waals surface area contributed by atoms with Gasteiger partial charge in [0.15, 0.2) is 0 Å². The molecule has 118 valence electrons. The molecule has 0 bridgehead atoms. The summed E-state index contributed by atoms with van der Waals surface area (Å²) in [5, 5.41) is 5.22. The fourth-order valence-corrected chi connectivity index (χ4v) is 3.48. The number of fused-ring (bicyclic) bond motifs is 1. The van der Waals surface area contributed by atoms with Gasteiger partial charge < -0.3 is 14.6 Å². The Bertz CT molecular complexity index is 832. The van der Waals surface area contributed by atoms with Gasteiger partial charge in [0.1, 0.15) is 0 Å². The van der Waals surface area contributed by atoms with E-state index in [2.05, 4.69) is 46.3 Å². The lowest BCUT2D eigenvalue weighted by Crippen LogP contribution is -2.09. The standard InChI is InChI=1S/C19H19ClN2O/c1-21-16-6-7-18-14(10-16)11-19(13-2-4-15(20)5-3-13)22(18)17-8-9-23-12-17/h2-7,10-11,17,21H,8-9,12H2,1H3/t17-/m1/s1. The molecular formula is C19H19ClN2O. The van der Waals surface area contributed by atoms with Gasteiger partial charge in [-0.25, -0.2) is 0 Å². The Kier molecular flexibility index (Phi) is 3.76. The molecule has 2 aromatic carbocycles. The number of rotatable bonds is 3. The Morgan fingerprint density at radius 3 is 2.65 bits per heavy atom. The molecule has 0 amide bonds. The summed E-state index contributed by atoms with van der Waals surface area (Å²) in [6.07, 6.45) is 1.05. The van der Waals surface area contributed by atoms with E-state index in [-0.39, 0.29) is 0 Å². The molecule has 3 aromatic rings. The van der Waals surface area contributed by atoms with Gasteiger partial charge in [-0.2, -0.15) is 0 Å². The molecule has 0 unspecified atom stereocenters. The summed E-state index contributed by atoms with van der Waals surface area (Å²) in [4.78, 5) is 0. The van der Waals surface area contributed by atoms with Gasteiger partial charge in [-0.15, -0.1) is 0 Å². The van der Waals surface area contributed by atoms with Crippen LogP contribution in [-0.4, -0.2) is 24.8 Å². The molecule has 4 heteroatoms. The molecule has 1 aliphatic rings. The minimum Gasteiger partial charge on any atom is -0.388 e. The van der Waals surface area contributed by atoms with Crippen molar-refractivity contribution in [1.29, 1.82) is 0 Å². The van der Waals surface area contributed by atoms with Gasteiger partial charge in [0, 0.05) is 41.0 Å². The third kappa shape index (κ3) is 2.60. The van der Waals surface area contributed by atoms with Crippen LogP contribution >= 0.6 is 11.6 Å². The first-order valence-corrected chi connectivity index (χ1v) is 8.30. The fraction of sp³-hybridized carbons (Fsp3) is 0.263. The predicted octanol–water partition coefficient (Wildman–Crippen LogP) is 4.96.